The van der Waals surface area contributed by atoms with Gasteiger partial charge in [-0.1, -0.05) is 6.07 Å². The number of amides is 2. The van der Waals surface area contributed by atoms with Gasteiger partial charge in [0.15, 0.2) is 12.0 Å². The topological polar surface area (TPSA) is 91.7 Å². The third-order valence-corrected chi connectivity index (χ3v) is 4.82. The van der Waals surface area contributed by atoms with Crippen molar-refractivity contribution < 1.29 is 36.1 Å². The number of carbonyl (C=O) groups excluding carboxylic acids is 2. The molecule has 1 N–H and O–H groups in total. The molecule has 0 aromatic heterocycles. The number of benzene rings is 1. The molecule has 1 aromatic carbocycles. The number of nitriles is 1. The van der Waals surface area contributed by atoms with Crippen LogP contribution in [0.5, 0.6) is 5.75 Å². The van der Waals surface area contributed by atoms with E-state index >= 15 is 0 Å². The molecule has 0 bridgehead atoms. The van der Waals surface area contributed by atoms with Crippen LogP contribution in [-0.2, 0) is 16.0 Å². The Hall–Kier alpha value is -2.68. The molecule has 7 nitrogen and oxygen atoms in total. The number of nitrogens with one attached hydrogen (secondary N) is 1. The lowest BCUT2D eigenvalue weighted by atomic mass is 10.0. The van der Waals surface area contributed by atoms with Gasteiger partial charge in [0, 0.05) is 19.0 Å². The molecule has 1 aromatic rings. The first kappa shape index (κ1) is 25.6. The third-order valence-electron chi connectivity index (χ3n) is 4.35. The highest BCUT2D eigenvalue weighted by Gasteiger charge is 2.35. The summed E-state index contributed by atoms with van der Waals surface area (Å²) in [7, 11) is 0. The molecule has 1 fully saturated rings. The third kappa shape index (κ3) is 7.78. The number of likely N-dealkylation sites (tertiary alicyclic amines) is 1. The summed E-state index contributed by atoms with van der Waals surface area (Å²) in [5, 5.41) is 11.7. The Labute approximate surface area is 187 Å². The predicted molar refractivity (Wildman–Crippen MR) is 108 cm³/mol. The lowest BCUT2D eigenvalue weighted by molar-refractivity contribution is -0.133. The van der Waals surface area contributed by atoms with Gasteiger partial charge in [0.25, 0.3) is 0 Å². The van der Waals surface area contributed by atoms with Gasteiger partial charge in [0.2, 0.25) is 5.91 Å². The van der Waals surface area contributed by atoms with Crippen molar-refractivity contribution in [2.45, 2.75) is 63.2 Å². The van der Waals surface area contributed by atoms with Gasteiger partial charge in [0.05, 0.1) is 6.07 Å². The number of carbonyl (C=O) groups is 2. The van der Waals surface area contributed by atoms with Crippen LogP contribution in [0.2, 0.25) is 0 Å². The minimum absolute atomic E-state index is 0.0310. The van der Waals surface area contributed by atoms with Gasteiger partial charge < -0.3 is 19.1 Å². The van der Waals surface area contributed by atoms with Crippen molar-refractivity contribution >= 4 is 24.0 Å². The van der Waals surface area contributed by atoms with Crippen LogP contribution in [0.3, 0.4) is 0 Å². The summed E-state index contributed by atoms with van der Waals surface area (Å²) < 4.78 is 60.9. The number of hydrogen-bond donors (Lipinski definition) is 1. The Kier molecular flexibility index (Phi) is 8.23. The van der Waals surface area contributed by atoms with E-state index in [1.807, 2.05) is 6.07 Å². The molecule has 0 spiro atoms. The van der Waals surface area contributed by atoms with E-state index in [2.05, 4.69) is 9.50 Å². The Morgan fingerprint density at radius 3 is 2.59 bits per heavy atom. The molecule has 32 heavy (non-hydrogen) atoms. The molecule has 12 heteroatoms. The number of nitrogens with zero attached hydrogens (tertiary/aromatic N) is 2. The second-order valence-corrected chi connectivity index (χ2v) is 8.88. The molecule has 0 aliphatic carbocycles. The lowest BCUT2D eigenvalue weighted by Crippen LogP contribution is -2.51. The Morgan fingerprint density at radius 1 is 1.34 bits per heavy atom. The van der Waals surface area contributed by atoms with E-state index in [1.165, 1.54) is 11.0 Å². The number of ether oxygens (including phenoxy) is 1. The smallest absolute Gasteiger partial charge is 0.444 e. The SMILES string of the molecule is CC(C)(C)OC(=O)NC(Cc1ccc(OSC(F)(F)F)cc1F)C(=O)N1CCCC1C#N. The average molecular weight is 477 g/mol. The molecule has 1 aliphatic heterocycles. The van der Waals surface area contributed by atoms with E-state index in [0.29, 0.717) is 19.4 Å². The molecule has 2 rings (SSSR count). The predicted octanol–water partition coefficient (Wildman–Crippen LogP) is 4.32. The average Bonchev–Trinajstić information content (AvgIpc) is 3.13. The van der Waals surface area contributed by atoms with Crippen LogP contribution in [0.25, 0.3) is 0 Å². The maximum atomic E-state index is 14.5. The zero-order valence-electron chi connectivity index (χ0n) is 17.7. The molecule has 2 atom stereocenters. The van der Waals surface area contributed by atoms with Gasteiger partial charge in [-0.3, -0.25) is 4.79 Å². The lowest BCUT2D eigenvalue weighted by Gasteiger charge is -2.28. The van der Waals surface area contributed by atoms with Gasteiger partial charge in [-0.15, -0.1) is 0 Å². The summed E-state index contributed by atoms with van der Waals surface area (Å²) in [5.41, 5.74) is -5.53. The molecule has 1 saturated heterocycles. The van der Waals surface area contributed by atoms with Crippen molar-refractivity contribution in [3.63, 3.8) is 0 Å². The van der Waals surface area contributed by atoms with Crippen LogP contribution < -0.4 is 9.50 Å². The van der Waals surface area contributed by atoms with Crippen molar-refractivity contribution in [2.24, 2.45) is 0 Å². The fraction of sp³-hybridized carbons (Fsp3) is 0.550. The normalized spacial score (nSPS) is 17.4. The van der Waals surface area contributed by atoms with E-state index in [0.717, 1.165) is 12.1 Å². The number of halogens is 4. The zero-order valence-corrected chi connectivity index (χ0v) is 18.5. The minimum atomic E-state index is -4.66. The summed E-state index contributed by atoms with van der Waals surface area (Å²) in [6.45, 7) is 5.21. The summed E-state index contributed by atoms with van der Waals surface area (Å²) in [5.74, 6) is -1.85. The highest BCUT2D eigenvalue weighted by Crippen LogP contribution is 2.33. The van der Waals surface area contributed by atoms with E-state index in [9.17, 15) is 32.4 Å². The summed E-state index contributed by atoms with van der Waals surface area (Å²) in [6, 6.07) is 3.18. The molecule has 0 radical (unpaired) electrons. The van der Waals surface area contributed by atoms with Crippen LogP contribution in [0.4, 0.5) is 22.4 Å². The second-order valence-electron chi connectivity index (χ2n) is 8.09. The summed E-state index contributed by atoms with van der Waals surface area (Å²) in [4.78, 5) is 26.6. The van der Waals surface area contributed by atoms with E-state index < -0.39 is 53.1 Å². The van der Waals surface area contributed by atoms with Crippen molar-refractivity contribution in [1.82, 2.24) is 10.2 Å². The van der Waals surface area contributed by atoms with Crippen LogP contribution in [-0.4, -0.2) is 46.6 Å². The number of hydrogen-bond acceptors (Lipinski definition) is 6. The first-order chi connectivity index (χ1) is 14.8. The quantitative estimate of drug-likeness (QED) is 0.485. The number of alkyl halides is 3. The molecule has 0 saturated carbocycles. The van der Waals surface area contributed by atoms with Crippen LogP contribution >= 0.6 is 12.0 Å². The fourth-order valence-electron chi connectivity index (χ4n) is 3.08. The van der Waals surface area contributed by atoms with Crippen LogP contribution in [0.1, 0.15) is 39.2 Å². The van der Waals surface area contributed by atoms with Crippen molar-refractivity contribution in [3.8, 4) is 11.8 Å². The monoisotopic (exact) mass is 477 g/mol. The molecular formula is C20H23F4N3O4S. The van der Waals surface area contributed by atoms with Crippen molar-refractivity contribution in [2.75, 3.05) is 6.54 Å². The van der Waals surface area contributed by atoms with Gasteiger partial charge >= 0.3 is 11.6 Å². The highest BCUT2D eigenvalue weighted by atomic mass is 32.2. The standard InChI is InChI=1S/C20H23F4N3O4S/c1-19(2,3)30-18(29)26-16(17(28)27-8-4-5-13(27)11-25)9-12-6-7-14(10-15(12)21)31-32-20(22,23)24/h6-7,10,13,16H,4-5,8-9H2,1-3H3,(H,26,29). The van der Waals surface area contributed by atoms with Gasteiger partial charge in [0.1, 0.15) is 29.3 Å². The summed E-state index contributed by atoms with van der Waals surface area (Å²) in [6.07, 6.45) is -0.102. The van der Waals surface area contributed by atoms with E-state index in [-0.39, 0.29) is 17.7 Å². The van der Waals surface area contributed by atoms with E-state index in [4.69, 9.17) is 4.74 Å². The fourth-order valence-corrected chi connectivity index (χ4v) is 3.37. The van der Waals surface area contributed by atoms with Crippen molar-refractivity contribution in [3.05, 3.63) is 29.6 Å². The molecule has 2 amide bonds. The molecule has 1 heterocycles. The molecular weight excluding hydrogens is 454 g/mol. The van der Waals surface area contributed by atoms with Crippen LogP contribution in [0.15, 0.2) is 18.2 Å². The van der Waals surface area contributed by atoms with E-state index in [1.54, 1.807) is 20.8 Å². The Balaban J connectivity index is 2.21. The van der Waals surface area contributed by atoms with Gasteiger partial charge in [-0.2, -0.15) is 18.4 Å². The van der Waals surface area contributed by atoms with Gasteiger partial charge in [-0.25, -0.2) is 9.18 Å². The zero-order chi connectivity index (χ0) is 24.1. The number of alkyl carbamates (subject to hydrolysis) is 1. The number of rotatable bonds is 6. The van der Waals surface area contributed by atoms with Crippen LogP contribution in [0, 0.1) is 17.1 Å². The first-order valence-electron chi connectivity index (χ1n) is 9.69. The highest BCUT2D eigenvalue weighted by molar-refractivity contribution is 7.95. The summed E-state index contributed by atoms with van der Waals surface area (Å²) >= 11 is -0.778. The maximum absolute atomic E-state index is 14.5. The molecule has 2 unspecified atom stereocenters. The maximum Gasteiger partial charge on any atom is 0.479 e. The Bertz CT molecular complexity index is 883. The molecule has 176 valence electrons. The minimum Gasteiger partial charge on any atom is -0.444 e. The van der Waals surface area contributed by atoms with Gasteiger partial charge in [-0.05, 0) is 45.2 Å². The largest absolute Gasteiger partial charge is 0.479 e. The second kappa shape index (κ2) is 10.3. The first-order valence-corrected chi connectivity index (χ1v) is 10.4. The Morgan fingerprint density at radius 2 is 2.03 bits per heavy atom. The molecule has 1 aliphatic rings. The van der Waals surface area contributed by atoms with Crippen molar-refractivity contribution in [1.29, 1.82) is 5.26 Å².